The molecule has 0 amide bonds. The molecule has 0 aliphatic heterocycles. The van der Waals surface area contributed by atoms with Gasteiger partial charge in [-0.3, -0.25) is 0 Å². The van der Waals surface area contributed by atoms with Crippen LogP contribution in [0.1, 0.15) is 11.3 Å². The Kier molecular flexibility index (Phi) is 3.36. The second kappa shape index (κ2) is 4.77. The summed E-state index contributed by atoms with van der Waals surface area (Å²) in [5.41, 5.74) is 1.91. The maximum atomic E-state index is 9.31. The quantitative estimate of drug-likeness (QED) is 0.914. The van der Waals surface area contributed by atoms with E-state index in [0.29, 0.717) is 33.4 Å². The molecule has 5 heteroatoms. The summed E-state index contributed by atoms with van der Waals surface area (Å²) in [4.78, 5) is 0. The summed E-state index contributed by atoms with van der Waals surface area (Å²) in [5, 5.41) is 13.8. The molecule has 1 heterocycles. The number of nitrogens with zero attached hydrogens (tertiary/aromatic N) is 1. The molecule has 0 spiro atoms. The lowest BCUT2D eigenvalue weighted by Crippen LogP contribution is -1.92. The van der Waals surface area contributed by atoms with Gasteiger partial charge in [0.25, 0.3) is 0 Å². The monoisotopic (exact) mass is 253 g/mol. The Morgan fingerprint density at radius 2 is 2.24 bits per heavy atom. The van der Waals surface area contributed by atoms with Crippen molar-refractivity contribution >= 4 is 11.6 Å². The van der Waals surface area contributed by atoms with E-state index in [1.807, 2.05) is 0 Å². The zero-order valence-electron chi connectivity index (χ0n) is 9.53. The second-order valence-electron chi connectivity index (χ2n) is 3.57. The van der Waals surface area contributed by atoms with Crippen LogP contribution >= 0.6 is 11.6 Å². The van der Waals surface area contributed by atoms with Crippen molar-refractivity contribution in [2.75, 3.05) is 7.11 Å². The van der Waals surface area contributed by atoms with Crippen molar-refractivity contribution in [2.45, 2.75) is 13.5 Å². The molecular weight excluding hydrogens is 242 g/mol. The van der Waals surface area contributed by atoms with E-state index in [0.717, 1.165) is 0 Å². The highest BCUT2D eigenvalue weighted by Crippen LogP contribution is 2.34. The summed E-state index contributed by atoms with van der Waals surface area (Å²) < 4.78 is 10.3. The molecule has 0 bridgehead atoms. The highest BCUT2D eigenvalue weighted by atomic mass is 35.5. The van der Waals surface area contributed by atoms with Gasteiger partial charge in [0.15, 0.2) is 0 Å². The molecular formula is C12H12ClNO3. The van der Waals surface area contributed by atoms with E-state index in [4.69, 9.17) is 20.9 Å². The van der Waals surface area contributed by atoms with Crippen molar-refractivity contribution in [3.8, 4) is 17.0 Å². The van der Waals surface area contributed by atoms with Crippen molar-refractivity contribution < 1.29 is 14.4 Å². The van der Waals surface area contributed by atoms with E-state index in [1.54, 1.807) is 32.2 Å². The molecule has 0 unspecified atom stereocenters. The number of aliphatic hydroxyl groups is 1. The number of methoxy groups -OCH3 is 1. The van der Waals surface area contributed by atoms with Gasteiger partial charge < -0.3 is 14.4 Å². The number of aryl methyl sites for hydroxylation is 1. The summed E-state index contributed by atoms with van der Waals surface area (Å²) >= 11 is 5.95. The fourth-order valence-electron chi connectivity index (χ4n) is 1.65. The van der Waals surface area contributed by atoms with Crippen molar-refractivity contribution in [1.29, 1.82) is 0 Å². The van der Waals surface area contributed by atoms with E-state index in [9.17, 15) is 5.11 Å². The largest absolute Gasteiger partial charge is 0.496 e. The number of benzene rings is 1. The molecule has 2 rings (SSSR count). The number of hydrogen-bond donors (Lipinski definition) is 1. The zero-order chi connectivity index (χ0) is 12.4. The van der Waals surface area contributed by atoms with Crippen LogP contribution in [-0.2, 0) is 6.61 Å². The number of aromatic nitrogens is 1. The van der Waals surface area contributed by atoms with Gasteiger partial charge in [-0.15, -0.1) is 0 Å². The van der Waals surface area contributed by atoms with Gasteiger partial charge in [0.05, 0.1) is 13.7 Å². The molecule has 90 valence electrons. The van der Waals surface area contributed by atoms with Crippen LogP contribution in [0.25, 0.3) is 11.3 Å². The number of halogens is 1. The van der Waals surface area contributed by atoms with E-state index in [-0.39, 0.29) is 6.61 Å². The van der Waals surface area contributed by atoms with Crippen molar-refractivity contribution in [3.05, 3.63) is 34.5 Å². The Morgan fingerprint density at radius 3 is 2.88 bits per heavy atom. The highest BCUT2D eigenvalue weighted by molar-refractivity contribution is 6.31. The topological polar surface area (TPSA) is 55.5 Å². The molecule has 0 fully saturated rings. The summed E-state index contributed by atoms with van der Waals surface area (Å²) in [6.07, 6.45) is 0. The Morgan fingerprint density at radius 1 is 1.47 bits per heavy atom. The average Bonchev–Trinajstić information content (AvgIpc) is 2.70. The van der Waals surface area contributed by atoms with Gasteiger partial charge in [-0.1, -0.05) is 16.8 Å². The van der Waals surface area contributed by atoms with E-state index in [2.05, 4.69) is 5.16 Å². The molecule has 4 nitrogen and oxygen atoms in total. The lowest BCUT2D eigenvalue weighted by molar-refractivity contribution is 0.278. The summed E-state index contributed by atoms with van der Waals surface area (Å²) in [7, 11) is 1.57. The maximum absolute atomic E-state index is 9.31. The molecule has 1 N–H and O–H groups in total. The second-order valence-corrected chi connectivity index (χ2v) is 4.01. The molecule has 0 aliphatic rings. The van der Waals surface area contributed by atoms with Gasteiger partial charge in [0.1, 0.15) is 17.2 Å². The Balaban J connectivity index is 2.62. The van der Waals surface area contributed by atoms with Gasteiger partial charge in [-0.05, 0) is 25.1 Å². The van der Waals surface area contributed by atoms with Gasteiger partial charge in [0.2, 0.25) is 0 Å². The summed E-state index contributed by atoms with van der Waals surface area (Å²) in [6.45, 7) is 1.61. The normalized spacial score (nSPS) is 10.6. The minimum absolute atomic E-state index is 0.139. The number of rotatable bonds is 3. The van der Waals surface area contributed by atoms with Gasteiger partial charge in [-0.25, -0.2) is 0 Å². The average molecular weight is 254 g/mol. The van der Waals surface area contributed by atoms with Crippen LogP contribution < -0.4 is 4.74 Å². The van der Waals surface area contributed by atoms with Crippen LogP contribution in [-0.4, -0.2) is 17.4 Å². The van der Waals surface area contributed by atoms with E-state index < -0.39 is 0 Å². The first kappa shape index (κ1) is 12.0. The molecule has 0 aliphatic carbocycles. The molecule has 17 heavy (non-hydrogen) atoms. The zero-order valence-corrected chi connectivity index (χ0v) is 10.3. The van der Waals surface area contributed by atoms with Gasteiger partial charge in [0, 0.05) is 16.1 Å². The van der Waals surface area contributed by atoms with Gasteiger partial charge in [-0.2, -0.15) is 0 Å². The summed E-state index contributed by atoms with van der Waals surface area (Å²) in [5.74, 6) is 1.22. The highest BCUT2D eigenvalue weighted by Gasteiger charge is 2.17. The van der Waals surface area contributed by atoms with Crippen LogP contribution in [0.2, 0.25) is 5.02 Å². The van der Waals surface area contributed by atoms with Crippen molar-refractivity contribution in [2.24, 2.45) is 0 Å². The molecule has 0 saturated heterocycles. The first-order valence-corrected chi connectivity index (χ1v) is 5.45. The lowest BCUT2D eigenvalue weighted by Gasteiger charge is -2.07. The molecule has 2 aromatic rings. The first-order valence-electron chi connectivity index (χ1n) is 5.07. The SMILES string of the molecule is COc1ccc(Cl)cc1-c1noc(C)c1CO. The number of hydrogen-bond acceptors (Lipinski definition) is 4. The fourth-order valence-corrected chi connectivity index (χ4v) is 1.83. The number of ether oxygens (including phenoxy) is 1. The minimum atomic E-state index is -0.139. The Bertz CT molecular complexity index is 537. The van der Waals surface area contributed by atoms with Crippen LogP contribution in [0.15, 0.2) is 22.7 Å². The summed E-state index contributed by atoms with van der Waals surface area (Å²) in [6, 6.07) is 5.22. The van der Waals surface area contributed by atoms with Crippen LogP contribution in [0.3, 0.4) is 0 Å². The smallest absolute Gasteiger partial charge is 0.139 e. The van der Waals surface area contributed by atoms with E-state index >= 15 is 0 Å². The van der Waals surface area contributed by atoms with Gasteiger partial charge >= 0.3 is 0 Å². The van der Waals surface area contributed by atoms with E-state index in [1.165, 1.54) is 0 Å². The standard InChI is InChI=1S/C12H12ClNO3/c1-7-10(6-15)12(14-17-7)9-5-8(13)3-4-11(9)16-2/h3-5,15H,6H2,1-2H3. The molecule has 1 aromatic heterocycles. The van der Waals surface area contributed by atoms with Crippen molar-refractivity contribution in [1.82, 2.24) is 5.16 Å². The van der Waals surface area contributed by atoms with Crippen LogP contribution in [0, 0.1) is 6.92 Å². The Labute approximate surface area is 104 Å². The fraction of sp³-hybridized carbons (Fsp3) is 0.250. The van der Waals surface area contributed by atoms with Crippen molar-refractivity contribution in [3.63, 3.8) is 0 Å². The third kappa shape index (κ3) is 2.14. The minimum Gasteiger partial charge on any atom is -0.496 e. The molecule has 0 radical (unpaired) electrons. The first-order chi connectivity index (χ1) is 8.17. The molecule has 1 aromatic carbocycles. The molecule has 0 atom stereocenters. The predicted octanol–water partition coefficient (Wildman–Crippen LogP) is 2.80. The van der Waals surface area contributed by atoms with Crippen LogP contribution in [0.5, 0.6) is 5.75 Å². The predicted molar refractivity (Wildman–Crippen MR) is 64.2 cm³/mol. The molecule has 0 saturated carbocycles. The number of aliphatic hydroxyl groups excluding tert-OH is 1. The lowest BCUT2D eigenvalue weighted by atomic mass is 10.1. The maximum Gasteiger partial charge on any atom is 0.139 e. The third-order valence-electron chi connectivity index (χ3n) is 2.56. The van der Waals surface area contributed by atoms with Crippen LogP contribution in [0.4, 0.5) is 0 Å². The Hall–Kier alpha value is -1.52. The third-order valence-corrected chi connectivity index (χ3v) is 2.79.